The van der Waals surface area contributed by atoms with Gasteiger partial charge in [0.25, 0.3) is 10.0 Å². The standard InChI is InChI=1S/C21H22N2O4S2/c24-20(14-17-6-3-5-16-4-1-2-7-19(16)17)22-15-18-8-9-21(28-18)29(25,26)23-10-12-27-13-11-23/h1-9H,10-15H2,(H,22,24). The topological polar surface area (TPSA) is 75.7 Å². The molecule has 2 heterocycles. The van der Waals surface area contributed by atoms with Crippen molar-refractivity contribution in [2.75, 3.05) is 26.3 Å². The van der Waals surface area contributed by atoms with Crippen LogP contribution in [0.4, 0.5) is 0 Å². The number of carbonyl (C=O) groups excluding carboxylic acids is 1. The molecule has 0 aliphatic carbocycles. The molecule has 1 aliphatic heterocycles. The molecule has 1 aliphatic rings. The van der Waals surface area contributed by atoms with E-state index in [1.165, 1.54) is 15.6 Å². The first-order chi connectivity index (χ1) is 14.0. The van der Waals surface area contributed by atoms with Crippen LogP contribution in [0.5, 0.6) is 0 Å². The molecule has 8 heteroatoms. The molecule has 0 unspecified atom stereocenters. The van der Waals surface area contributed by atoms with E-state index in [9.17, 15) is 13.2 Å². The lowest BCUT2D eigenvalue weighted by Gasteiger charge is -2.25. The van der Waals surface area contributed by atoms with Crippen LogP contribution in [0.2, 0.25) is 0 Å². The Morgan fingerprint density at radius 2 is 1.79 bits per heavy atom. The van der Waals surface area contributed by atoms with Crippen molar-refractivity contribution in [1.29, 1.82) is 0 Å². The minimum Gasteiger partial charge on any atom is -0.379 e. The molecule has 2 aromatic carbocycles. The van der Waals surface area contributed by atoms with E-state index in [0.717, 1.165) is 21.2 Å². The van der Waals surface area contributed by atoms with Crippen LogP contribution < -0.4 is 5.32 Å². The Morgan fingerprint density at radius 3 is 2.62 bits per heavy atom. The molecule has 0 spiro atoms. The fourth-order valence-electron chi connectivity index (χ4n) is 3.37. The molecule has 1 saturated heterocycles. The number of morpholine rings is 1. The maximum Gasteiger partial charge on any atom is 0.252 e. The Morgan fingerprint density at radius 1 is 1.03 bits per heavy atom. The highest BCUT2D eigenvalue weighted by Crippen LogP contribution is 2.25. The van der Waals surface area contributed by atoms with Crippen LogP contribution in [-0.4, -0.2) is 44.9 Å². The fraction of sp³-hybridized carbons (Fsp3) is 0.286. The van der Waals surface area contributed by atoms with Crippen LogP contribution in [0.15, 0.2) is 58.8 Å². The van der Waals surface area contributed by atoms with Gasteiger partial charge in [-0.15, -0.1) is 11.3 Å². The molecule has 1 fully saturated rings. The van der Waals surface area contributed by atoms with Gasteiger partial charge >= 0.3 is 0 Å². The smallest absolute Gasteiger partial charge is 0.252 e. The van der Waals surface area contributed by atoms with Crippen molar-refractivity contribution < 1.29 is 17.9 Å². The van der Waals surface area contributed by atoms with E-state index in [4.69, 9.17) is 4.74 Å². The first kappa shape index (κ1) is 20.0. The van der Waals surface area contributed by atoms with Crippen molar-refractivity contribution in [3.63, 3.8) is 0 Å². The van der Waals surface area contributed by atoms with Gasteiger partial charge in [0.05, 0.1) is 26.2 Å². The number of nitrogens with one attached hydrogen (secondary N) is 1. The van der Waals surface area contributed by atoms with Crippen LogP contribution in [0.25, 0.3) is 10.8 Å². The first-order valence-corrected chi connectivity index (χ1v) is 11.7. The summed E-state index contributed by atoms with van der Waals surface area (Å²) >= 11 is 1.20. The van der Waals surface area contributed by atoms with Crippen molar-refractivity contribution in [1.82, 2.24) is 9.62 Å². The van der Waals surface area contributed by atoms with Gasteiger partial charge in [0, 0.05) is 18.0 Å². The molecule has 0 radical (unpaired) electrons. The van der Waals surface area contributed by atoms with E-state index in [0.29, 0.717) is 37.1 Å². The first-order valence-electron chi connectivity index (χ1n) is 9.44. The zero-order valence-electron chi connectivity index (χ0n) is 15.8. The third-order valence-electron chi connectivity index (χ3n) is 4.89. The molecule has 6 nitrogen and oxygen atoms in total. The summed E-state index contributed by atoms with van der Waals surface area (Å²) in [6, 6.07) is 17.3. The number of ether oxygens (including phenoxy) is 1. The maximum absolute atomic E-state index is 12.7. The quantitative estimate of drug-likeness (QED) is 0.653. The van der Waals surface area contributed by atoms with Crippen LogP contribution in [0.3, 0.4) is 0 Å². The van der Waals surface area contributed by atoms with Gasteiger partial charge < -0.3 is 10.1 Å². The summed E-state index contributed by atoms with van der Waals surface area (Å²) in [5.74, 6) is -0.0904. The molecular weight excluding hydrogens is 408 g/mol. The third-order valence-corrected chi connectivity index (χ3v) is 8.34. The number of sulfonamides is 1. The molecule has 3 aromatic rings. The zero-order chi connectivity index (χ0) is 20.3. The van der Waals surface area contributed by atoms with Gasteiger partial charge in [-0.1, -0.05) is 42.5 Å². The van der Waals surface area contributed by atoms with E-state index in [1.54, 1.807) is 12.1 Å². The van der Waals surface area contributed by atoms with E-state index in [1.807, 2.05) is 42.5 Å². The molecule has 1 aromatic heterocycles. The van der Waals surface area contributed by atoms with Gasteiger partial charge in [0.1, 0.15) is 4.21 Å². The molecule has 1 N–H and O–H groups in total. The number of thiophene rings is 1. The van der Waals surface area contributed by atoms with Crippen LogP contribution in [0.1, 0.15) is 10.4 Å². The van der Waals surface area contributed by atoms with Crippen molar-refractivity contribution in [2.24, 2.45) is 0 Å². The van der Waals surface area contributed by atoms with Gasteiger partial charge in [0.2, 0.25) is 5.91 Å². The fourth-order valence-corrected chi connectivity index (χ4v) is 6.23. The van der Waals surface area contributed by atoms with Crippen molar-refractivity contribution in [3.05, 3.63) is 65.0 Å². The van der Waals surface area contributed by atoms with Crippen LogP contribution in [-0.2, 0) is 32.5 Å². The molecular formula is C21H22N2O4S2. The molecule has 152 valence electrons. The summed E-state index contributed by atoms with van der Waals surface area (Å²) in [5, 5.41) is 5.07. The third kappa shape index (κ3) is 4.51. The summed E-state index contributed by atoms with van der Waals surface area (Å²) < 4.78 is 32.4. The van der Waals surface area contributed by atoms with Gasteiger partial charge in [0.15, 0.2) is 0 Å². The lowest BCUT2D eigenvalue weighted by atomic mass is 10.0. The van der Waals surface area contributed by atoms with E-state index in [2.05, 4.69) is 5.32 Å². The van der Waals surface area contributed by atoms with Crippen molar-refractivity contribution in [2.45, 2.75) is 17.2 Å². The number of carbonyl (C=O) groups is 1. The molecule has 0 bridgehead atoms. The molecule has 29 heavy (non-hydrogen) atoms. The second-order valence-electron chi connectivity index (χ2n) is 6.83. The number of amides is 1. The lowest BCUT2D eigenvalue weighted by molar-refractivity contribution is -0.120. The molecule has 0 saturated carbocycles. The van der Waals surface area contributed by atoms with E-state index >= 15 is 0 Å². The number of benzene rings is 2. The minimum absolute atomic E-state index is 0.0904. The average Bonchev–Trinajstić information content (AvgIpc) is 3.23. The zero-order valence-corrected chi connectivity index (χ0v) is 17.5. The summed E-state index contributed by atoms with van der Waals surface area (Å²) in [4.78, 5) is 13.2. The SMILES string of the molecule is O=C(Cc1cccc2ccccc12)NCc1ccc(S(=O)(=O)N2CCOCC2)s1. The van der Waals surface area contributed by atoms with E-state index < -0.39 is 10.0 Å². The molecule has 1 amide bonds. The highest BCUT2D eigenvalue weighted by molar-refractivity contribution is 7.91. The normalized spacial score (nSPS) is 15.4. The van der Waals surface area contributed by atoms with Crippen molar-refractivity contribution >= 4 is 38.0 Å². The minimum atomic E-state index is -3.49. The summed E-state index contributed by atoms with van der Waals surface area (Å²) in [6.07, 6.45) is 0.283. The predicted molar refractivity (Wildman–Crippen MR) is 113 cm³/mol. The Balaban J connectivity index is 1.39. The largest absolute Gasteiger partial charge is 0.379 e. The van der Waals surface area contributed by atoms with Gasteiger partial charge in [-0.25, -0.2) is 8.42 Å². The summed E-state index contributed by atoms with van der Waals surface area (Å²) in [6.45, 7) is 1.89. The van der Waals surface area contributed by atoms with E-state index in [-0.39, 0.29) is 12.3 Å². The summed E-state index contributed by atoms with van der Waals surface area (Å²) in [7, 11) is -3.49. The Kier molecular flexibility index (Phi) is 5.96. The second-order valence-corrected chi connectivity index (χ2v) is 10.2. The maximum atomic E-state index is 12.7. The highest BCUT2D eigenvalue weighted by atomic mass is 32.2. The van der Waals surface area contributed by atoms with Gasteiger partial charge in [-0.05, 0) is 28.5 Å². The number of hydrogen-bond donors (Lipinski definition) is 1. The van der Waals surface area contributed by atoms with Gasteiger partial charge in [-0.3, -0.25) is 4.79 Å². The number of nitrogens with zero attached hydrogens (tertiary/aromatic N) is 1. The second kappa shape index (κ2) is 8.62. The Bertz CT molecular complexity index is 1110. The number of hydrogen-bond acceptors (Lipinski definition) is 5. The summed E-state index contributed by atoms with van der Waals surface area (Å²) in [5.41, 5.74) is 0.974. The van der Waals surface area contributed by atoms with Gasteiger partial charge in [-0.2, -0.15) is 4.31 Å². The monoisotopic (exact) mass is 430 g/mol. The Hall–Kier alpha value is -2.26. The lowest BCUT2D eigenvalue weighted by Crippen LogP contribution is -2.40. The van der Waals surface area contributed by atoms with Crippen LogP contribution >= 0.6 is 11.3 Å². The predicted octanol–water partition coefficient (Wildman–Crippen LogP) is 2.78. The average molecular weight is 431 g/mol. The molecule has 0 atom stereocenters. The van der Waals surface area contributed by atoms with Crippen LogP contribution in [0, 0.1) is 0 Å². The number of fused-ring (bicyclic) bond motifs is 1. The molecule has 4 rings (SSSR count). The Labute approximate surface area is 174 Å². The number of rotatable bonds is 6. The highest BCUT2D eigenvalue weighted by Gasteiger charge is 2.27. The van der Waals surface area contributed by atoms with Crippen molar-refractivity contribution in [3.8, 4) is 0 Å².